The van der Waals surface area contributed by atoms with E-state index in [0.717, 1.165) is 75.1 Å². The molecular formula is C38H47F2N11O4. The van der Waals surface area contributed by atoms with Crippen LogP contribution in [0.4, 0.5) is 20.2 Å². The molecule has 0 spiro atoms. The van der Waals surface area contributed by atoms with Crippen molar-refractivity contribution in [1.29, 1.82) is 0 Å². The largest absolute Gasteiger partial charge is 0.370 e. The Morgan fingerprint density at radius 1 is 1.05 bits per heavy atom. The molecule has 0 radical (unpaired) electrons. The first kappa shape index (κ1) is 36.8. The van der Waals surface area contributed by atoms with Gasteiger partial charge in [0.05, 0.1) is 40.2 Å². The second-order valence-corrected chi connectivity index (χ2v) is 15.3. The predicted molar refractivity (Wildman–Crippen MR) is 201 cm³/mol. The molecule has 0 bridgehead atoms. The number of rotatable bonds is 10. The summed E-state index contributed by atoms with van der Waals surface area (Å²) in [4.78, 5) is 47.1. The predicted octanol–water partition coefficient (Wildman–Crippen LogP) is 4.24. The van der Waals surface area contributed by atoms with Gasteiger partial charge in [0.15, 0.2) is 17.6 Å². The van der Waals surface area contributed by atoms with Crippen molar-refractivity contribution in [1.82, 2.24) is 43.7 Å². The van der Waals surface area contributed by atoms with Crippen LogP contribution in [-0.4, -0.2) is 88.1 Å². The minimum Gasteiger partial charge on any atom is -0.370 e. The fourth-order valence-corrected chi connectivity index (χ4v) is 8.86. The molecule has 3 N–H and O–H groups in total. The molecule has 6 heterocycles. The van der Waals surface area contributed by atoms with Crippen molar-refractivity contribution in [2.45, 2.75) is 89.1 Å². The molecule has 2 aliphatic heterocycles. The lowest BCUT2D eigenvalue weighted by Crippen LogP contribution is -2.45. The van der Waals surface area contributed by atoms with Crippen LogP contribution in [0.25, 0.3) is 16.7 Å². The Morgan fingerprint density at radius 2 is 1.82 bits per heavy atom. The summed E-state index contributed by atoms with van der Waals surface area (Å²) in [6.07, 6.45) is 6.65. The third-order valence-electron chi connectivity index (χ3n) is 11.9. The summed E-state index contributed by atoms with van der Waals surface area (Å²) >= 11 is 0. The first-order chi connectivity index (χ1) is 26.5. The zero-order chi connectivity index (χ0) is 38.5. The standard InChI is InChI=1S/C38H47F2N11O4/c1-22-13-18-49-35(42-22)26(19-41-49)36(53)43-27-21-50(45-32(27)34(39)40)25-9-7-23(8-10-25)20-46(2)24-14-16-48(17-15-24)28-5-4-6-29-33(28)47(3)38(55)51(29)30-11-12-31(52)44-37(30)54/h4-6,13,18-19,21,23-25,30,34,36,43,53H,7-12,14-17,20H2,1-3H3,(H,44,52,54). The Morgan fingerprint density at radius 3 is 2.55 bits per heavy atom. The third-order valence-corrected chi connectivity index (χ3v) is 11.9. The minimum absolute atomic E-state index is 0.0141. The van der Waals surface area contributed by atoms with Crippen LogP contribution >= 0.6 is 0 Å². The maximum absolute atomic E-state index is 14.1. The summed E-state index contributed by atoms with van der Waals surface area (Å²) in [5, 5.41) is 24.7. The van der Waals surface area contributed by atoms with E-state index >= 15 is 0 Å². The van der Waals surface area contributed by atoms with Gasteiger partial charge in [-0.15, -0.1) is 0 Å². The van der Waals surface area contributed by atoms with Crippen molar-refractivity contribution in [3.8, 4) is 0 Å². The van der Waals surface area contributed by atoms with Gasteiger partial charge in [-0.05, 0) is 83.0 Å². The Balaban J connectivity index is 0.868. The number of anilines is 2. The molecule has 2 amide bonds. The molecule has 15 nitrogen and oxygen atoms in total. The number of fused-ring (bicyclic) bond motifs is 2. The number of imide groups is 1. The highest BCUT2D eigenvalue weighted by molar-refractivity contribution is 6.00. The molecule has 55 heavy (non-hydrogen) atoms. The fourth-order valence-electron chi connectivity index (χ4n) is 8.86. The number of nitrogens with one attached hydrogen (secondary N) is 2. The van der Waals surface area contributed by atoms with Gasteiger partial charge in [-0.25, -0.2) is 23.1 Å². The molecule has 8 rings (SSSR count). The van der Waals surface area contributed by atoms with E-state index in [-0.39, 0.29) is 29.7 Å². The van der Waals surface area contributed by atoms with Crippen LogP contribution < -0.4 is 21.2 Å². The number of piperidine rings is 2. The van der Waals surface area contributed by atoms with Crippen LogP contribution in [0.1, 0.15) is 93.1 Å². The number of halogens is 2. The zero-order valence-corrected chi connectivity index (χ0v) is 31.2. The van der Waals surface area contributed by atoms with E-state index in [1.54, 1.807) is 34.8 Å². The highest BCUT2D eigenvalue weighted by Gasteiger charge is 2.34. The second-order valence-electron chi connectivity index (χ2n) is 15.3. The molecule has 3 fully saturated rings. The molecule has 2 saturated heterocycles. The summed E-state index contributed by atoms with van der Waals surface area (Å²) in [5.41, 5.74) is 3.46. The van der Waals surface area contributed by atoms with E-state index in [0.29, 0.717) is 35.1 Å². The van der Waals surface area contributed by atoms with Crippen molar-refractivity contribution in [2.75, 3.05) is 36.9 Å². The maximum atomic E-state index is 14.1. The van der Waals surface area contributed by atoms with E-state index in [2.05, 4.69) is 42.7 Å². The Bertz CT molecular complexity index is 2280. The van der Waals surface area contributed by atoms with Crippen molar-refractivity contribution < 1.29 is 23.5 Å². The van der Waals surface area contributed by atoms with Gasteiger partial charge in [-0.1, -0.05) is 6.07 Å². The molecular weight excluding hydrogens is 712 g/mol. The quantitative estimate of drug-likeness (QED) is 0.139. The van der Waals surface area contributed by atoms with Gasteiger partial charge < -0.3 is 20.2 Å². The molecule has 3 aliphatic rings. The fraction of sp³-hybridized carbons (Fsp3) is 0.526. The van der Waals surface area contributed by atoms with Crippen molar-refractivity contribution >= 4 is 39.9 Å². The average Bonchev–Trinajstić information content (AvgIpc) is 3.86. The number of hydrogen-bond acceptors (Lipinski definition) is 10. The zero-order valence-electron chi connectivity index (χ0n) is 31.2. The summed E-state index contributed by atoms with van der Waals surface area (Å²) in [7, 11) is 3.92. The monoisotopic (exact) mass is 759 g/mol. The number of para-hydroxylation sites is 1. The van der Waals surface area contributed by atoms with Crippen LogP contribution in [0.2, 0.25) is 0 Å². The van der Waals surface area contributed by atoms with Crippen LogP contribution in [0.5, 0.6) is 0 Å². The first-order valence-corrected chi connectivity index (χ1v) is 19.1. The van der Waals surface area contributed by atoms with Gasteiger partial charge >= 0.3 is 5.69 Å². The summed E-state index contributed by atoms with van der Waals surface area (Å²) in [5.74, 6) is -0.279. The van der Waals surface area contributed by atoms with Gasteiger partial charge in [0, 0.05) is 57.2 Å². The van der Waals surface area contributed by atoms with Crippen molar-refractivity contribution in [3.05, 3.63) is 70.3 Å². The molecule has 2 unspecified atom stereocenters. The number of carbonyl (C=O) groups excluding carboxylic acids is 2. The molecule has 2 atom stereocenters. The van der Waals surface area contributed by atoms with Crippen molar-refractivity contribution in [3.63, 3.8) is 0 Å². The molecule has 5 aromatic rings. The Labute approximate surface area is 315 Å². The highest BCUT2D eigenvalue weighted by Crippen LogP contribution is 2.37. The Hall–Kier alpha value is -5.16. The van der Waals surface area contributed by atoms with Gasteiger partial charge in [-0.3, -0.25) is 28.7 Å². The molecule has 1 saturated carbocycles. The number of benzene rings is 1. The minimum atomic E-state index is -2.81. The first-order valence-electron chi connectivity index (χ1n) is 19.1. The number of alkyl halides is 2. The third kappa shape index (κ3) is 6.99. The SMILES string of the molecule is Cc1ccn2ncc(C(O)Nc3cn(C4CCC(CN(C)C5CCN(c6cccc7c6n(C)c(=O)n7C6CCC(=O)NC6=O)CC5)CC4)nc3C(F)F)c2n1. The molecule has 292 valence electrons. The molecule has 1 aromatic carbocycles. The number of amides is 2. The summed E-state index contributed by atoms with van der Waals surface area (Å²) in [6.45, 7) is 4.42. The average molecular weight is 760 g/mol. The molecule has 1 aliphatic carbocycles. The van der Waals surface area contributed by atoms with E-state index in [4.69, 9.17) is 0 Å². The smallest absolute Gasteiger partial charge is 0.329 e. The Kier molecular flexibility index (Phi) is 9.92. The number of nitrogens with zero attached hydrogens (tertiary/aromatic N) is 9. The van der Waals surface area contributed by atoms with Crippen LogP contribution in [0.3, 0.4) is 0 Å². The van der Waals surface area contributed by atoms with Crippen LogP contribution in [-0.2, 0) is 16.6 Å². The van der Waals surface area contributed by atoms with Crippen LogP contribution in [0.15, 0.2) is 47.7 Å². The van der Waals surface area contributed by atoms with Crippen LogP contribution in [0, 0.1) is 12.8 Å². The lowest BCUT2D eigenvalue weighted by molar-refractivity contribution is -0.135. The number of hydrogen-bond donors (Lipinski definition) is 3. The van der Waals surface area contributed by atoms with Gasteiger partial charge in [0.25, 0.3) is 6.43 Å². The van der Waals surface area contributed by atoms with Gasteiger partial charge in [-0.2, -0.15) is 10.2 Å². The van der Waals surface area contributed by atoms with E-state index in [1.165, 1.54) is 15.3 Å². The van der Waals surface area contributed by atoms with E-state index in [1.807, 2.05) is 25.1 Å². The molecule has 17 heteroatoms. The number of carbonyl (C=O) groups is 2. The summed E-state index contributed by atoms with van der Waals surface area (Å²) in [6, 6.07) is 7.28. The number of imidazole rings is 1. The number of aliphatic hydroxyl groups excluding tert-OH is 1. The maximum Gasteiger partial charge on any atom is 0.329 e. The lowest BCUT2D eigenvalue weighted by atomic mass is 9.85. The normalized spacial score (nSPS) is 22.0. The number of aryl methyl sites for hydroxylation is 2. The van der Waals surface area contributed by atoms with Gasteiger partial charge in [0.2, 0.25) is 11.8 Å². The highest BCUT2D eigenvalue weighted by atomic mass is 19.3. The topological polar surface area (TPSA) is 160 Å². The lowest BCUT2D eigenvalue weighted by Gasteiger charge is -2.40. The van der Waals surface area contributed by atoms with Gasteiger partial charge in [0.1, 0.15) is 6.04 Å². The van der Waals surface area contributed by atoms with E-state index < -0.39 is 30.3 Å². The summed E-state index contributed by atoms with van der Waals surface area (Å²) < 4.78 is 34.6. The number of aliphatic hydroxyl groups is 1. The van der Waals surface area contributed by atoms with Crippen molar-refractivity contribution in [2.24, 2.45) is 13.0 Å². The number of aromatic nitrogens is 7. The molecule has 4 aromatic heterocycles. The van der Waals surface area contributed by atoms with E-state index in [9.17, 15) is 28.3 Å². The second kappa shape index (κ2) is 14.8.